The van der Waals surface area contributed by atoms with Gasteiger partial charge in [-0.2, -0.15) is 0 Å². The number of nitrogens with two attached hydrogens (primary N) is 1. The number of hydrogen-bond donors (Lipinski definition) is 1. The standard InChI is InChI=1S/C14H22F2N2/c1-3-4-6-18(2)7-5-14(17)11-8-12(15)10-13(16)9-11/h8-10,14H,3-7,17H2,1-2H3. The van der Waals surface area contributed by atoms with Gasteiger partial charge in [0.15, 0.2) is 0 Å². The molecule has 1 unspecified atom stereocenters. The minimum Gasteiger partial charge on any atom is -0.324 e. The molecule has 0 aromatic heterocycles. The van der Waals surface area contributed by atoms with E-state index in [2.05, 4.69) is 11.8 Å². The molecule has 2 nitrogen and oxygen atoms in total. The molecule has 1 aromatic carbocycles. The first-order chi connectivity index (χ1) is 8.52. The lowest BCUT2D eigenvalue weighted by atomic mass is 10.0. The Morgan fingerprint density at radius 2 is 1.78 bits per heavy atom. The van der Waals surface area contributed by atoms with Gasteiger partial charge in [-0.1, -0.05) is 13.3 Å². The second-order valence-corrected chi connectivity index (χ2v) is 4.75. The Balaban J connectivity index is 2.47. The summed E-state index contributed by atoms with van der Waals surface area (Å²) in [5.41, 5.74) is 6.47. The quantitative estimate of drug-likeness (QED) is 0.812. The molecule has 0 heterocycles. The number of hydrogen-bond acceptors (Lipinski definition) is 2. The van der Waals surface area contributed by atoms with Crippen molar-refractivity contribution in [3.63, 3.8) is 0 Å². The van der Waals surface area contributed by atoms with Crippen molar-refractivity contribution in [1.82, 2.24) is 4.90 Å². The van der Waals surface area contributed by atoms with E-state index in [1.807, 2.05) is 7.05 Å². The minimum atomic E-state index is -0.570. The van der Waals surface area contributed by atoms with Crippen LogP contribution in [0.2, 0.25) is 0 Å². The Labute approximate surface area is 108 Å². The molecule has 0 radical (unpaired) electrons. The summed E-state index contributed by atoms with van der Waals surface area (Å²) < 4.78 is 26.1. The molecule has 1 rings (SSSR count). The fourth-order valence-electron chi connectivity index (χ4n) is 1.86. The van der Waals surface area contributed by atoms with Gasteiger partial charge in [0.1, 0.15) is 11.6 Å². The van der Waals surface area contributed by atoms with E-state index in [0.717, 1.165) is 32.0 Å². The molecule has 0 amide bonds. The van der Waals surface area contributed by atoms with Crippen molar-refractivity contribution in [3.05, 3.63) is 35.4 Å². The van der Waals surface area contributed by atoms with Gasteiger partial charge in [0.25, 0.3) is 0 Å². The molecule has 0 aliphatic heterocycles. The van der Waals surface area contributed by atoms with Crippen LogP contribution >= 0.6 is 0 Å². The van der Waals surface area contributed by atoms with Crippen molar-refractivity contribution in [2.75, 3.05) is 20.1 Å². The van der Waals surface area contributed by atoms with E-state index in [1.165, 1.54) is 12.1 Å². The van der Waals surface area contributed by atoms with Crippen LogP contribution in [0.4, 0.5) is 8.78 Å². The number of halogens is 2. The summed E-state index contributed by atoms with van der Waals surface area (Å²) in [5, 5.41) is 0. The third-order valence-electron chi connectivity index (χ3n) is 3.03. The van der Waals surface area contributed by atoms with Crippen molar-refractivity contribution in [2.45, 2.75) is 32.2 Å². The van der Waals surface area contributed by atoms with E-state index in [-0.39, 0.29) is 6.04 Å². The van der Waals surface area contributed by atoms with Gasteiger partial charge in [-0.25, -0.2) is 8.78 Å². The molecule has 0 aliphatic carbocycles. The molecule has 0 fully saturated rings. The van der Waals surface area contributed by atoms with Crippen molar-refractivity contribution in [3.8, 4) is 0 Å². The van der Waals surface area contributed by atoms with Crippen molar-refractivity contribution in [2.24, 2.45) is 5.73 Å². The van der Waals surface area contributed by atoms with Crippen LogP contribution in [-0.2, 0) is 0 Å². The lowest BCUT2D eigenvalue weighted by Crippen LogP contribution is -2.24. The summed E-state index contributed by atoms with van der Waals surface area (Å²) in [6, 6.07) is 3.16. The molecule has 0 saturated heterocycles. The normalized spacial score (nSPS) is 13.0. The fraction of sp³-hybridized carbons (Fsp3) is 0.571. The SMILES string of the molecule is CCCCN(C)CCC(N)c1cc(F)cc(F)c1. The summed E-state index contributed by atoms with van der Waals surface area (Å²) in [7, 11) is 2.04. The molecule has 1 atom stereocenters. The smallest absolute Gasteiger partial charge is 0.126 e. The summed E-state index contributed by atoms with van der Waals surface area (Å²) in [5.74, 6) is -1.14. The first-order valence-corrected chi connectivity index (χ1v) is 6.43. The highest BCUT2D eigenvalue weighted by atomic mass is 19.1. The zero-order valence-corrected chi connectivity index (χ0v) is 11.1. The summed E-state index contributed by atoms with van der Waals surface area (Å²) in [6.07, 6.45) is 3.01. The third kappa shape index (κ3) is 5.10. The van der Waals surface area contributed by atoms with Crippen LogP contribution in [0.15, 0.2) is 18.2 Å². The van der Waals surface area contributed by atoms with E-state index in [0.29, 0.717) is 12.0 Å². The number of nitrogens with zero attached hydrogens (tertiary/aromatic N) is 1. The molecular formula is C14H22F2N2. The van der Waals surface area contributed by atoms with Gasteiger partial charge >= 0.3 is 0 Å². The molecule has 102 valence electrons. The van der Waals surface area contributed by atoms with Crippen LogP contribution < -0.4 is 5.73 Å². The van der Waals surface area contributed by atoms with E-state index < -0.39 is 11.6 Å². The first-order valence-electron chi connectivity index (χ1n) is 6.43. The second-order valence-electron chi connectivity index (χ2n) is 4.75. The molecule has 4 heteroatoms. The minimum absolute atomic E-state index is 0.320. The van der Waals surface area contributed by atoms with Gasteiger partial charge in [-0.05, 0) is 50.7 Å². The number of unbranched alkanes of at least 4 members (excludes halogenated alkanes) is 1. The van der Waals surface area contributed by atoms with Gasteiger partial charge in [-0.15, -0.1) is 0 Å². The zero-order valence-electron chi connectivity index (χ0n) is 11.1. The third-order valence-corrected chi connectivity index (χ3v) is 3.03. The predicted molar refractivity (Wildman–Crippen MR) is 70.3 cm³/mol. The molecule has 0 saturated carbocycles. The molecule has 1 aromatic rings. The zero-order chi connectivity index (χ0) is 13.5. The second kappa shape index (κ2) is 7.44. The molecule has 0 bridgehead atoms. The van der Waals surface area contributed by atoms with Crippen molar-refractivity contribution in [1.29, 1.82) is 0 Å². The number of benzene rings is 1. The average molecular weight is 256 g/mol. The lowest BCUT2D eigenvalue weighted by molar-refractivity contribution is 0.313. The van der Waals surface area contributed by atoms with Crippen LogP contribution in [0.1, 0.15) is 37.8 Å². The maximum atomic E-state index is 13.0. The van der Waals surface area contributed by atoms with Crippen LogP contribution in [-0.4, -0.2) is 25.0 Å². The van der Waals surface area contributed by atoms with Gasteiger partial charge in [0.05, 0.1) is 0 Å². The Morgan fingerprint density at radius 3 is 2.33 bits per heavy atom. The lowest BCUT2D eigenvalue weighted by Gasteiger charge is -2.19. The fourth-order valence-corrected chi connectivity index (χ4v) is 1.86. The predicted octanol–water partition coefficient (Wildman–Crippen LogP) is 3.09. The monoisotopic (exact) mass is 256 g/mol. The van der Waals surface area contributed by atoms with Crippen LogP contribution in [0, 0.1) is 11.6 Å². The summed E-state index contributed by atoms with van der Waals surface area (Å²) in [6.45, 7) is 4.01. The molecule has 18 heavy (non-hydrogen) atoms. The van der Waals surface area contributed by atoms with Crippen molar-refractivity contribution < 1.29 is 8.78 Å². The summed E-state index contributed by atoms with van der Waals surface area (Å²) >= 11 is 0. The van der Waals surface area contributed by atoms with E-state index in [1.54, 1.807) is 0 Å². The van der Waals surface area contributed by atoms with Crippen LogP contribution in [0.25, 0.3) is 0 Å². The Kier molecular flexibility index (Phi) is 6.22. The van der Waals surface area contributed by atoms with Crippen LogP contribution in [0.5, 0.6) is 0 Å². The Hall–Kier alpha value is -1.00. The van der Waals surface area contributed by atoms with Gasteiger partial charge in [0, 0.05) is 12.1 Å². The first kappa shape index (κ1) is 15.1. The maximum Gasteiger partial charge on any atom is 0.126 e. The average Bonchev–Trinajstić information content (AvgIpc) is 2.32. The topological polar surface area (TPSA) is 29.3 Å². The van der Waals surface area contributed by atoms with E-state index in [9.17, 15) is 8.78 Å². The highest BCUT2D eigenvalue weighted by Crippen LogP contribution is 2.17. The van der Waals surface area contributed by atoms with Gasteiger partial charge in [0.2, 0.25) is 0 Å². The largest absolute Gasteiger partial charge is 0.324 e. The van der Waals surface area contributed by atoms with E-state index >= 15 is 0 Å². The Bertz CT molecular complexity index is 349. The van der Waals surface area contributed by atoms with E-state index in [4.69, 9.17) is 5.73 Å². The van der Waals surface area contributed by atoms with Crippen LogP contribution in [0.3, 0.4) is 0 Å². The van der Waals surface area contributed by atoms with Crippen molar-refractivity contribution >= 4 is 0 Å². The highest BCUT2D eigenvalue weighted by Gasteiger charge is 2.10. The highest BCUT2D eigenvalue weighted by molar-refractivity contribution is 5.21. The molecule has 2 N–H and O–H groups in total. The Morgan fingerprint density at radius 1 is 1.17 bits per heavy atom. The molecular weight excluding hydrogens is 234 g/mol. The van der Waals surface area contributed by atoms with Gasteiger partial charge < -0.3 is 10.6 Å². The van der Waals surface area contributed by atoms with Gasteiger partial charge in [-0.3, -0.25) is 0 Å². The molecule has 0 spiro atoms. The molecule has 0 aliphatic rings. The summed E-state index contributed by atoms with van der Waals surface area (Å²) in [4.78, 5) is 2.19. The maximum absolute atomic E-state index is 13.0. The number of rotatable bonds is 7.